The molecule has 1 aromatic carbocycles. The molecule has 3 aliphatic heterocycles. The predicted molar refractivity (Wildman–Crippen MR) is 149 cm³/mol. The van der Waals surface area contributed by atoms with Crippen molar-refractivity contribution in [3.8, 4) is 5.75 Å². The summed E-state index contributed by atoms with van der Waals surface area (Å²) in [7, 11) is 6.51. The molecule has 3 atom stereocenters. The standard InChI is InChI=1S/C30H47N3O6/c1-5-6-13-31(14-7-15-33(2,3)4)27(34)21-32-20-24(22-8-10-26-23(19-22)12-16-37-26)29(30(35)36)25(32)9-11-28-38-17-18-39-28/h8,10,19,24-25,28-29H,5-7,9,11-18,20-21H2,1-4H3/p+1/t24-,25+,29?/m1/s1. The largest absolute Gasteiger partial charge is 0.493 e. The smallest absolute Gasteiger partial charge is 0.308 e. The molecule has 3 heterocycles. The number of unbranched alkanes of at least 4 members (excludes halogenated alkanes) is 1. The molecule has 0 bridgehead atoms. The van der Waals surface area contributed by atoms with E-state index in [1.807, 2.05) is 17.0 Å². The van der Waals surface area contributed by atoms with Crippen molar-refractivity contribution >= 4 is 11.9 Å². The van der Waals surface area contributed by atoms with Gasteiger partial charge in [-0.1, -0.05) is 25.5 Å². The van der Waals surface area contributed by atoms with Crippen LogP contribution in [0.5, 0.6) is 5.75 Å². The monoisotopic (exact) mass is 546 g/mol. The lowest BCUT2D eigenvalue weighted by molar-refractivity contribution is -0.870. The fourth-order valence-corrected chi connectivity index (χ4v) is 6.23. The van der Waals surface area contributed by atoms with E-state index in [2.05, 4.69) is 39.0 Å². The van der Waals surface area contributed by atoms with Crippen molar-refractivity contribution in [3.63, 3.8) is 0 Å². The fraction of sp³-hybridized carbons (Fsp3) is 0.733. The molecule has 2 saturated heterocycles. The number of rotatable bonds is 14. The van der Waals surface area contributed by atoms with Crippen molar-refractivity contribution in [2.45, 2.75) is 63.7 Å². The van der Waals surface area contributed by atoms with Crippen LogP contribution in [0.4, 0.5) is 0 Å². The highest BCUT2D eigenvalue weighted by atomic mass is 16.7. The minimum atomic E-state index is -0.809. The number of aliphatic carboxylic acids is 1. The summed E-state index contributed by atoms with van der Waals surface area (Å²) in [6.07, 6.45) is 4.70. The molecule has 4 rings (SSSR count). The summed E-state index contributed by atoms with van der Waals surface area (Å²) in [6, 6.07) is 5.83. The van der Waals surface area contributed by atoms with Crippen LogP contribution in [0.1, 0.15) is 56.1 Å². The number of amides is 1. The van der Waals surface area contributed by atoms with Gasteiger partial charge in [-0.15, -0.1) is 0 Å². The van der Waals surface area contributed by atoms with Gasteiger partial charge in [0.15, 0.2) is 6.29 Å². The zero-order chi connectivity index (χ0) is 28.0. The number of quaternary nitrogens is 1. The van der Waals surface area contributed by atoms with Gasteiger partial charge in [0.25, 0.3) is 0 Å². The molecule has 0 aromatic heterocycles. The molecule has 9 heteroatoms. The Labute approximate surface area is 233 Å². The lowest BCUT2D eigenvalue weighted by Gasteiger charge is -2.31. The van der Waals surface area contributed by atoms with Crippen LogP contribution < -0.4 is 4.74 Å². The summed E-state index contributed by atoms with van der Waals surface area (Å²) < 4.78 is 17.9. The molecule has 0 saturated carbocycles. The van der Waals surface area contributed by atoms with E-state index in [-0.39, 0.29) is 30.7 Å². The van der Waals surface area contributed by atoms with Crippen molar-refractivity contribution < 1.29 is 33.4 Å². The van der Waals surface area contributed by atoms with Crippen molar-refractivity contribution in [2.75, 3.05) is 73.7 Å². The van der Waals surface area contributed by atoms with Crippen LogP contribution in [0, 0.1) is 5.92 Å². The van der Waals surface area contributed by atoms with Gasteiger partial charge in [-0.25, -0.2) is 0 Å². The summed E-state index contributed by atoms with van der Waals surface area (Å²) in [5.74, 6) is -0.630. The maximum atomic E-state index is 13.7. The molecule has 1 unspecified atom stereocenters. The van der Waals surface area contributed by atoms with Crippen LogP contribution >= 0.6 is 0 Å². The van der Waals surface area contributed by atoms with Crippen LogP contribution in [0.15, 0.2) is 18.2 Å². The number of hydrogen-bond acceptors (Lipinski definition) is 6. The van der Waals surface area contributed by atoms with Crippen LogP contribution in [0.25, 0.3) is 0 Å². The third-order valence-corrected chi connectivity index (χ3v) is 8.29. The second kappa shape index (κ2) is 13.4. The Morgan fingerprint density at radius 3 is 2.51 bits per heavy atom. The molecular weight excluding hydrogens is 498 g/mol. The zero-order valence-electron chi connectivity index (χ0n) is 24.3. The molecule has 1 aromatic rings. The average Bonchev–Trinajstić information content (AvgIpc) is 3.63. The van der Waals surface area contributed by atoms with E-state index in [1.54, 1.807) is 0 Å². The topological polar surface area (TPSA) is 88.5 Å². The molecule has 9 nitrogen and oxygen atoms in total. The van der Waals surface area contributed by atoms with Crippen molar-refractivity contribution in [1.29, 1.82) is 0 Å². The second-order valence-electron chi connectivity index (χ2n) is 12.3. The van der Waals surface area contributed by atoms with Gasteiger partial charge >= 0.3 is 5.97 Å². The summed E-state index contributed by atoms with van der Waals surface area (Å²) in [5.41, 5.74) is 2.16. The SMILES string of the molecule is CCCCN(CCC[N+](C)(C)C)C(=O)CN1C[C@H](c2ccc3c(c2)CCO3)C(C(=O)O)[C@@H]1CCC1OCCO1. The number of ether oxygens (including phenoxy) is 3. The molecule has 3 aliphatic rings. The lowest BCUT2D eigenvalue weighted by Crippen LogP contribution is -2.45. The molecule has 218 valence electrons. The first-order chi connectivity index (χ1) is 18.7. The maximum Gasteiger partial charge on any atom is 0.308 e. The van der Waals surface area contributed by atoms with E-state index in [9.17, 15) is 14.7 Å². The first-order valence-electron chi connectivity index (χ1n) is 14.7. The normalized spacial score (nSPS) is 23.6. The van der Waals surface area contributed by atoms with Crippen LogP contribution in [-0.4, -0.2) is 117 Å². The number of carboxylic acid groups (broad SMARTS) is 1. The van der Waals surface area contributed by atoms with Gasteiger partial charge in [0.2, 0.25) is 5.91 Å². The van der Waals surface area contributed by atoms with Crippen LogP contribution in [0.3, 0.4) is 0 Å². The molecule has 39 heavy (non-hydrogen) atoms. The third kappa shape index (κ3) is 7.93. The molecule has 0 aliphatic carbocycles. The Balaban J connectivity index is 1.53. The molecule has 0 spiro atoms. The predicted octanol–water partition coefficient (Wildman–Crippen LogP) is 2.97. The summed E-state index contributed by atoms with van der Waals surface area (Å²) in [5, 5.41) is 10.5. The molecular formula is C30H48N3O6+. The molecule has 2 fully saturated rings. The van der Waals surface area contributed by atoms with E-state index in [0.717, 1.165) is 66.7 Å². The van der Waals surface area contributed by atoms with Gasteiger partial charge in [-0.2, -0.15) is 0 Å². The molecule has 0 radical (unpaired) electrons. The third-order valence-electron chi connectivity index (χ3n) is 8.29. The van der Waals surface area contributed by atoms with Crippen molar-refractivity contribution in [2.24, 2.45) is 5.92 Å². The van der Waals surface area contributed by atoms with Crippen LogP contribution in [0.2, 0.25) is 0 Å². The number of nitrogens with zero attached hydrogens (tertiary/aromatic N) is 3. The van der Waals surface area contributed by atoms with Crippen molar-refractivity contribution in [3.05, 3.63) is 29.3 Å². The average molecular weight is 547 g/mol. The highest BCUT2D eigenvalue weighted by Crippen LogP contribution is 2.41. The number of benzene rings is 1. The van der Waals surface area contributed by atoms with Gasteiger partial charge in [0.1, 0.15) is 5.75 Å². The quantitative estimate of drug-likeness (QED) is 0.359. The van der Waals surface area contributed by atoms with Crippen LogP contribution in [-0.2, 0) is 25.5 Å². The first kappa shape index (κ1) is 29.8. The van der Waals surface area contributed by atoms with E-state index in [1.165, 1.54) is 0 Å². The number of carboxylic acids is 1. The molecule has 1 N–H and O–H groups in total. The summed E-state index contributed by atoms with van der Waals surface area (Å²) in [4.78, 5) is 30.6. The van der Waals surface area contributed by atoms with E-state index in [4.69, 9.17) is 14.2 Å². The fourth-order valence-electron chi connectivity index (χ4n) is 6.23. The van der Waals surface area contributed by atoms with Gasteiger partial charge in [0, 0.05) is 44.4 Å². The number of hydrogen-bond donors (Lipinski definition) is 1. The van der Waals surface area contributed by atoms with Gasteiger partial charge < -0.3 is 28.7 Å². The van der Waals surface area contributed by atoms with Gasteiger partial charge in [-0.05, 0) is 36.5 Å². The minimum Gasteiger partial charge on any atom is -0.493 e. The van der Waals surface area contributed by atoms with Gasteiger partial charge in [0.05, 0.1) is 60.0 Å². The zero-order valence-corrected chi connectivity index (χ0v) is 24.3. The number of carbonyl (C=O) groups excluding carboxylic acids is 1. The Kier molecular flexibility index (Phi) is 10.3. The maximum absolute atomic E-state index is 13.7. The van der Waals surface area contributed by atoms with E-state index >= 15 is 0 Å². The lowest BCUT2D eigenvalue weighted by atomic mass is 9.83. The van der Waals surface area contributed by atoms with E-state index < -0.39 is 11.9 Å². The number of carbonyl (C=O) groups is 2. The second-order valence-corrected chi connectivity index (χ2v) is 12.3. The highest BCUT2D eigenvalue weighted by Gasteiger charge is 2.47. The minimum absolute atomic E-state index is 0.0929. The highest BCUT2D eigenvalue weighted by molar-refractivity contribution is 5.79. The Hall–Kier alpha value is -2.20. The Morgan fingerprint density at radius 2 is 1.82 bits per heavy atom. The summed E-state index contributed by atoms with van der Waals surface area (Å²) in [6.45, 7) is 7.19. The van der Waals surface area contributed by atoms with Gasteiger partial charge in [-0.3, -0.25) is 14.5 Å². The number of fused-ring (bicyclic) bond motifs is 1. The van der Waals surface area contributed by atoms with Crippen molar-refractivity contribution in [1.82, 2.24) is 9.80 Å². The Morgan fingerprint density at radius 1 is 1.08 bits per heavy atom. The summed E-state index contributed by atoms with van der Waals surface area (Å²) >= 11 is 0. The number of likely N-dealkylation sites (tertiary alicyclic amines) is 1. The van der Waals surface area contributed by atoms with E-state index in [0.29, 0.717) is 39.2 Å². The first-order valence-corrected chi connectivity index (χ1v) is 14.7. The Bertz CT molecular complexity index is 974. The molecule has 1 amide bonds.